The van der Waals surface area contributed by atoms with E-state index in [1.165, 1.54) is 16.5 Å². The lowest BCUT2D eigenvalue weighted by atomic mass is 10.1. The molecule has 3 rings (SSSR count). The predicted octanol–water partition coefficient (Wildman–Crippen LogP) is 3.19. The van der Waals surface area contributed by atoms with E-state index in [1.54, 1.807) is 57.3 Å². The van der Waals surface area contributed by atoms with Crippen molar-refractivity contribution in [3.05, 3.63) is 70.6 Å². The second kappa shape index (κ2) is 8.26. The summed E-state index contributed by atoms with van der Waals surface area (Å²) in [5.74, 6) is -1.12. The van der Waals surface area contributed by atoms with Crippen LogP contribution < -0.4 is 10.5 Å². The Morgan fingerprint density at radius 2 is 1.55 bits per heavy atom. The Morgan fingerprint density at radius 1 is 0.966 bits per heavy atom. The van der Waals surface area contributed by atoms with Gasteiger partial charge in [0.2, 0.25) is 0 Å². The molecule has 7 heteroatoms. The lowest BCUT2D eigenvalue weighted by molar-refractivity contribution is -0.126. The molecule has 0 N–H and O–H groups in total. The van der Waals surface area contributed by atoms with Gasteiger partial charge >= 0.3 is 5.97 Å². The maximum atomic E-state index is 12.8. The molecule has 0 aliphatic carbocycles. The number of rotatable bonds is 5. The normalized spacial score (nSPS) is 12.0. The first-order valence-electron chi connectivity index (χ1n) is 9.36. The smallest absolute Gasteiger partial charge is 0.360 e. The standard InChI is InChI=1S/C22H23N3O4/c1-14(2)25-21(27)18-13-9-8-12-17(18)19(23-25)22(28)29-15(3)20(26)24(4)16-10-6-5-7-11-16/h5-15H,1-4H3. The molecule has 0 saturated carbocycles. The number of hydrogen-bond acceptors (Lipinski definition) is 5. The Morgan fingerprint density at radius 3 is 2.17 bits per heavy atom. The zero-order chi connectivity index (χ0) is 21.1. The molecule has 0 spiro atoms. The molecular formula is C22H23N3O4. The summed E-state index contributed by atoms with van der Waals surface area (Å²) >= 11 is 0. The van der Waals surface area contributed by atoms with Crippen LogP contribution in [0.1, 0.15) is 37.3 Å². The van der Waals surface area contributed by atoms with Crippen LogP contribution in [0.2, 0.25) is 0 Å². The highest BCUT2D eigenvalue weighted by molar-refractivity contribution is 6.04. The summed E-state index contributed by atoms with van der Waals surface area (Å²) in [4.78, 5) is 39.6. The van der Waals surface area contributed by atoms with E-state index < -0.39 is 12.1 Å². The molecule has 150 valence electrons. The van der Waals surface area contributed by atoms with Crippen molar-refractivity contribution < 1.29 is 14.3 Å². The molecule has 7 nitrogen and oxygen atoms in total. The topological polar surface area (TPSA) is 81.5 Å². The molecule has 0 aliphatic rings. The minimum atomic E-state index is -1.02. The largest absolute Gasteiger partial charge is 0.448 e. The zero-order valence-electron chi connectivity index (χ0n) is 16.8. The fourth-order valence-corrected chi connectivity index (χ4v) is 3.03. The van der Waals surface area contributed by atoms with Crippen LogP contribution in [-0.4, -0.2) is 34.8 Å². The van der Waals surface area contributed by atoms with Gasteiger partial charge in [-0.25, -0.2) is 9.48 Å². The number of nitrogens with zero attached hydrogens (tertiary/aromatic N) is 3. The van der Waals surface area contributed by atoms with E-state index in [2.05, 4.69) is 5.10 Å². The van der Waals surface area contributed by atoms with Crippen molar-refractivity contribution >= 4 is 28.3 Å². The number of esters is 1. The molecule has 3 aromatic rings. The number of ether oxygens (including phenoxy) is 1. The molecule has 0 aliphatic heterocycles. The van der Waals surface area contributed by atoms with Crippen LogP contribution in [0.3, 0.4) is 0 Å². The molecule has 1 heterocycles. The summed E-state index contributed by atoms with van der Waals surface area (Å²) in [6.45, 7) is 5.12. The number of carbonyl (C=O) groups excluding carboxylic acids is 2. The molecule has 0 bridgehead atoms. The van der Waals surface area contributed by atoms with Gasteiger partial charge in [0.05, 0.1) is 11.4 Å². The number of benzene rings is 2. The number of carbonyl (C=O) groups is 2. The van der Waals surface area contributed by atoms with Gasteiger partial charge in [-0.1, -0.05) is 36.4 Å². The van der Waals surface area contributed by atoms with Crippen LogP contribution in [-0.2, 0) is 9.53 Å². The summed E-state index contributed by atoms with van der Waals surface area (Å²) in [5.41, 5.74) is 0.424. The first kappa shape index (κ1) is 20.3. The monoisotopic (exact) mass is 393 g/mol. The van der Waals surface area contributed by atoms with E-state index in [0.29, 0.717) is 16.5 Å². The first-order chi connectivity index (χ1) is 13.8. The van der Waals surface area contributed by atoms with Gasteiger partial charge in [0.25, 0.3) is 11.5 Å². The van der Waals surface area contributed by atoms with Gasteiger partial charge in [-0.3, -0.25) is 9.59 Å². The van der Waals surface area contributed by atoms with Crippen LogP contribution >= 0.6 is 0 Å². The quantitative estimate of drug-likeness (QED) is 0.622. The minimum absolute atomic E-state index is 0.0101. The SMILES string of the molecule is CC(OC(=O)c1nn(C(C)C)c(=O)c2ccccc12)C(=O)N(C)c1ccccc1. The lowest BCUT2D eigenvalue weighted by Crippen LogP contribution is -2.38. The fourth-order valence-electron chi connectivity index (χ4n) is 3.03. The number of hydrogen-bond donors (Lipinski definition) is 0. The number of likely N-dealkylation sites (N-methyl/N-ethyl adjacent to an activating group) is 1. The molecule has 2 aromatic carbocycles. The molecule has 1 unspecified atom stereocenters. The van der Waals surface area contributed by atoms with E-state index in [4.69, 9.17) is 4.74 Å². The highest BCUT2D eigenvalue weighted by Crippen LogP contribution is 2.18. The van der Waals surface area contributed by atoms with E-state index >= 15 is 0 Å². The van der Waals surface area contributed by atoms with Crippen LogP contribution in [0.4, 0.5) is 5.69 Å². The Balaban J connectivity index is 1.91. The summed E-state index contributed by atoms with van der Waals surface area (Å²) in [6.07, 6.45) is -1.02. The van der Waals surface area contributed by atoms with Crippen molar-refractivity contribution in [3.8, 4) is 0 Å². The predicted molar refractivity (Wildman–Crippen MR) is 111 cm³/mol. The maximum Gasteiger partial charge on any atom is 0.360 e. The van der Waals surface area contributed by atoms with E-state index in [0.717, 1.165) is 0 Å². The van der Waals surface area contributed by atoms with E-state index in [-0.39, 0.29) is 23.2 Å². The molecule has 1 atom stereocenters. The second-order valence-electron chi connectivity index (χ2n) is 7.02. The van der Waals surface area contributed by atoms with Crippen molar-refractivity contribution in [2.45, 2.75) is 32.9 Å². The van der Waals surface area contributed by atoms with Gasteiger partial charge in [0.1, 0.15) is 0 Å². The lowest BCUT2D eigenvalue weighted by Gasteiger charge is -2.21. The highest BCUT2D eigenvalue weighted by Gasteiger charge is 2.26. The van der Waals surface area contributed by atoms with Crippen molar-refractivity contribution in [2.75, 3.05) is 11.9 Å². The van der Waals surface area contributed by atoms with Gasteiger partial charge in [-0.05, 0) is 39.0 Å². The number of aromatic nitrogens is 2. The fraction of sp³-hybridized carbons (Fsp3) is 0.273. The highest BCUT2D eigenvalue weighted by atomic mass is 16.5. The average molecular weight is 393 g/mol. The van der Waals surface area contributed by atoms with E-state index in [9.17, 15) is 14.4 Å². The third kappa shape index (κ3) is 4.03. The van der Waals surface area contributed by atoms with Crippen molar-refractivity contribution in [2.24, 2.45) is 0 Å². The van der Waals surface area contributed by atoms with Gasteiger partial charge in [0, 0.05) is 18.1 Å². The molecule has 29 heavy (non-hydrogen) atoms. The number of fused-ring (bicyclic) bond motifs is 1. The average Bonchev–Trinajstić information content (AvgIpc) is 2.73. The summed E-state index contributed by atoms with van der Waals surface area (Å²) < 4.78 is 6.67. The number of para-hydroxylation sites is 1. The minimum Gasteiger partial charge on any atom is -0.448 e. The molecule has 0 fully saturated rings. The third-order valence-electron chi connectivity index (χ3n) is 4.62. The Bertz CT molecular complexity index is 1110. The van der Waals surface area contributed by atoms with Crippen molar-refractivity contribution in [3.63, 3.8) is 0 Å². The molecule has 0 radical (unpaired) electrons. The molecule has 0 saturated heterocycles. The maximum absolute atomic E-state index is 12.8. The van der Waals surface area contributed by atoms with Crippen LogP contribution in [0, 0.1) is 0 Å². The number of amides is 1. The van der Waals surface area contributed by atoms with Crippen LogP contribution in [0.25, 0.3) is 10.8 Å². The van der Waals surface area contributed by atoms with Crippen LogP contribution in [0.5, 0.6) is 0 Å². The summed E-state index contributed by atoms with van der Waals surface area (Å²) in [6, 6.07) is 15.6. The summed E-state index contributed by atoms with van der Waals surface area (Å²) in [7, 11) is 1.62. The zero-order valence-corrected chi connectivity index (χ0v) is 16.8. The van der Waals surface area contributed by atoms with Crippen LogP contribution in [0.15, 0.2) is 59.4 Å². The Hall–Kier alpha value is -3.48. The van der Waals surface area contributed by atoms with Crippen molar-refractivity contribution in [1.29, 1.82) is 0 Å². The Kier molecular flexibility index (Phi) is 5.77. The third-order valence-corrected chi connectivity index (χ3v) is 4.62. The van der Waals surface area contributed by atoms with E-state index in [1.807, 2.05) is 18.2 Å². The second-order valence-corrected chi connectivity index (χ2v) is 7.02. The Labute approximate surface area is 168 Å². The van der Waals surface area contributed by atoms with Gasteiger partial charge in [-0.2, -0.15) is 5.10 Å². The van der Waals surface area contributed by atoms with Crippen molar-refractivity contribution in [1.82, 2.24) is 9.78 Å². The summed E-state index contributed by atoms with van der Waals surface area (Å²) in [5, 5.41) is 5.00. The first-order valence-corrected chi connectivity index (χ1v) is 9.36. The molecule has 1 aromatic heterocycles. The van der Waals surface area contributed by atoms with Gasteiger partial charge in [0.15, 0.2) is 11.8 Å². The van der Waals surface area contributed by atoms with Gasteiger partial charge in [-0.15, -0.1) is 0 Å². The number of anilines is 1. The molecular weight excluding hydrogens is 370 g/mol. The molecule has 1 amide bonds. The van der Waals surface area contributed by atoms with Gasteiger partial charge < -0.3 is 9.64 Å².